The molecule has 15 heavy (non-hydrogen) atoms. The topological polar surface area (TPSA) is 67.4 Å². The van der Waals surface area contributed by atoms with Crippen LogP contribution in [0.4, 0.5) is 0 Å². The van der Waals surface area contributed by atoms with E-state index in [0.29, 0.717) is 24.7 Å². The van der Waals surface area contributed by atoms with Gasteiger partial charge >= 0.3 is 0 Å². The molecule has 0 aliphatic heterocycles. The molecule has 0 aliphatic carbocycles. The summed E-state index contributed by atoms with van der Waals surface area (Å²) in [4.78, 5) is 21.6. The lowest BCUT2D eigenvalue weighted by atomic mass is 10.4. The van der Waals surface area contributed by atoms with Gasteiger partial charge in [-0.05, 0) is 12.2 Å². The zero-order valence-corrected chi connectivity index (χ0v) is 9.78. The molecule has 0 bridgehead atoms. The van der Waals surface area contributed by atoms with Crippen LogP contribution in [-0.4, -0.2) is 36.6 Å². The molecule has 6 heteroatoms. The molecule has 0 fully saturated rings. The van der Waals surface area contributed by atoms with Crippen molar-refractivity contribution in [1.29, 1.82) is 0 Å². The van der Waals surface area contributed by atoms with Crippen molar-refractivity contribution in [3.8, 4) is 0 Å². The Balaban J connectivity index is 3.33. The number of carbonyl (C=O) groups excluding carboxylic acids is 2. The van der Waals surface area contributed by atoms with Crippen LogP contribution in [0.25, 0.3) is 0 Å². The second-order valence-electron chi connectivity index (χ2n) is 2.92. The fourth-order valence-electron chi connectivity index (χ4n) is 0.816. The van der Waals surface area contributed by atoms with Gasteiger partial charge in [0.1, 0.15) is 0 Å². The molecule has 86 valence electrons. The number of amides is 2. The summed E-state index contributed by atoms with van der Waals surface area (Å²) in [5, 5.41) is 5.64. The average molecular weight is 232 g/mol. The van der Waals surface area contributed by atoms with Crippen molar-refractivity contribution in [3.63, 3.8) is 0 Å². The summed E-state index contributed by atoms with van der Waals surface area (Å²) < 4.78 is 4.96. The third-order valence-electron chi connectivity index (χ3n) is 1.46. The standard InChI is InChI=1S/C9H16N2O3S/c1-7(12)10-4-5-11-9(13)3-6-14-8(2)15/h3-6H2,1-2H3,(H,10,12)(H,11,13). The summed E-state index contributed by atoms with van der Waals surface area (Å²) in [6.07, 6.45) is 0.272. The quantitative estimate of drug-likeness (QED) is 0.499. The monoisotopic (exact) mass is 232 g/mol. The van der Waals surface area contributed by atoms with Gasteiger partial charge < -0.3 is 15.4 Å². The van der Waals surface area contributed by atoms with E-state index in [4.69, 9.17) is 4.74 Å². The largest absolute Gasteiger partial charge is 0.487 e. The van der Waals surface area contributed by atoms with Crippen molar-refractivity contribution in [2.24, 2.45) is 0 Å². The average Bonchev–Trinajstić information content (AvgIpc) is 2.11. The minimum atomic E-state index is -0.114. The van der Waals surface area contributed by atoms with Gasteiger partial charge in [0.15, 0.2) is 5.05 Å². The second kappa shape index (κ2) is 8.16. The van der Waals surface area contributed by atoms with Crippen LogP contribution >= 0.6 is 12.2 Å². The Morgan fingerprint density at radius 1 is 1.20 bits per heavy atom. The molecular weight excluding hydrogens is 216 g/mol. The Hall–Kier alpha value is -1.17. The first-order valence-electron chi connectivity index (χ1n) is 4.67. The smallest absolute Gasteiger partial charge is 0.223 e. The van der Waals surface area contributed by atoms with Gasteiger partial charge in [-0.3, -0.25) is 9.59 Å². The first kappa shape index (κ1) is 13.8. The first-order valence-corrected chi connectivity index (χ1v) is 5.07. The minimum absolute atomic E-state index is 0.107. The molecule has 0 saturated carbocycles. The van der Waals surface area contributed by atoms with Crippen molar-refractivity contribution in [2.45, 2.75) is 20.3 Å². The van der Waals surface area contributed by atoms with E-state index in [-0.39, 0.29) is 18.2 Å². The molecule has 0 aliphatic rings. The Labute approximate surface area is 94.6 Å². The Morgan fingerprint density at radius 3 is 2.33 bits per heavy atom. The molecule has 0 spiro atoms. The normalized spacial score (nSPS) is 9.20. The van der Waals surface area contributed by atoms with Gasteiger partial charge in [0.05, 0.1) is 13.0 Å². The van der Waals surface area contributed by atoms with Gasteiger partial charge in [0.2, 0.25) is 11.8 Å². The van der Waals surface area contributed by atoms with Crippen molar-refractivity contribution in [1.82, 2.24) is 10.6 Å². The Kier molecular flexibility index (Phi) is 7.53. The van der Waals surface area contributed by atoms with Crippen molar-refractivity contribution in [3.05, 3.63) is 0 Å². The Bertz CT molecular complexity index is 244. The van der Waals surface area contributed by atoms with Gasteiger partial charge in [0, 0.05) is 26.9 Å². The summed E-state index contributed by atoms with van der Waals surface area (Å²) >= 11 is 4.68. The molecule has 0 aromatic rings. The summed E-state index contributed by atoms with van der Waals surface area (Å²) in [5.74, 6) is -0.222. The molecular formula is C9H16N2O3S. The zero-order valence-electron chi connectivity index (χ0n) is 8.96. The predicted molar refractivity (Wildman–Crippen MR) is 60.5 cm³/mol. The molecule has 0 aromatic heterocycles. The van der Waals surface area contributed by atoms with Crippen molar-refractivity contribution >= 4 is 29.1 Å². The van der Waals surface area contributed by atoms with E-state index in [1.807, 2.05) is 0 Å². The molecule has 0 atom stereocenters. The maximum Gasteiger partial charge on any atom is 0.223 e. The van der Waals surface area contributed by atoms with E-state index in [9.17, 15) is 9.59 Å². The molecule has 0 aromatic carbocycles. The van der Waals surface area contributed by atoms with Gasteiger partial charge in [-0.2, -0.15) is 0 Å². The van der Waals surface area contributed by atoms with Crippen LogP contribution in [0, 0.1) is 0 Å². The zero-order chi connectivity index (χ0) is 11.7. The number of rotatable bonds is 6. The third kappa shape index (κ3) is 10.8. The van der Waals surface area contributed by atoms with Crippen LogP contribution < -0.4 is 10.6 Å². The number of thiocarbonyl (C=S) groups is 1. The highest BCUT2D eigenvalue weighted by Gasteiger charge is 2.00. The van der Waals surface area contributed by atoms with Crippen molar-refractivity contribution < 1.29 is 14.3 Å². The molecule has 0 heterocycles. The van der Waals surface area contributed by atoms with Crippen molar-refractivity contribution in [2.75, 3.05) is 19.7 Å². The number of hydrogen-bond donors (Lipinski definition) is 2. The van der Waals surface area contributed by atoms with Gasteiger partial charge in [-0.1, -0.05) is 0 Å². The van der Waals surface area contributed by atoms with Crippen LogP contribution in [0.15, 0.2) is 0 Å². The lowest BCUT2D eigenvalue weighted by Crippen LogP contribution is -2.34. The predicted octanol–water partition coefficient (Wildman–Crippen LogP) is -0.00730. The molecule has 0 radical (unpaired) electrons. The molecule has 0 unspecified atom stereocenters. The first-order chi connectivity index (χ1) is 7.02. The number of ether oxygens (including phenoxy) is 1. The molecule has 5 nitrogen and oxygen atoms in total. The SMILES string of the molecule is CC(=O)NCCNC(=O)CCOC(C)=S. The maximum absolute atomic E-state index is 11.1. The minimum Gasteiger partial charge on any atom is -0.487 e. The third-order valence-corrected chi connectivity index (χ3v) is 1.57. The van der Waals surface area contributed by atoms with Gasteiger partial charge in [-0.25, -0.2) is 0 Å². The molecule has 0 saturated heterocycles. The highest BCUT2D eigenvalue weighted by atomic mass is 32.1. The summed E-state index contributed by atoms with van der Waals surface area (Å²) in [7, 11) is 0. The van der Waals surface area contributed by atoms with Crippen LogP contribution in [0.5, 0.6) is 0 Å². The van der Waals surface area contributed by atoms with E-state index >= 15 is 0 Å². The lowest BCUT2D eigenvalue weighted by Gasteiger charge is -2.06. The van der Waals surface area contributed by atoms with Crippen LogP contribution in [0.2, 0.25) is 0 Å². The highest BCUT2D eigenvalue weighted by Crippen LogP contribution is 1.85. The molecule has 0 rings (SSSR count). The number of carbonyl (C=O) groups is 2. The highest BCUT2D eigenvalue weighted by molar-refractivity contribution is 7.80. The molecule has 2 amide bonds. The maximum atomic E-state index is 11.1. The fourth-order valence-corrected chi connectivity index (χ4v) is 0.900. The summed E-state index contributed by atoms with van der Waals surface area (Å²) in [6, 6.07) is 0. The Morgan fingerprint density at radius 2 is 1.80 bits per heavy atom. The van der Waals surface area contributed by atoms with E-state index in [0.717, 1.165) is 0 Å². The van der Waals surface area contributed by atoms with Gasteiger partial charge in [0.25, 0.3) is 0 Å². The van der Waals surface area contributed by atoms with Gasteiger partial charge in [-0.15, -0.1) is 0 Å². The lowest BCUT2D eigenvalue weighted by molar-refractivity contribution is -0.122. The van der Waals surface area contributed by atoms with E-state index in [2.05, 4.69) is 22.9 Å². The fraction of sp³-hybridized carbons (Fsp3) is 0.667. The van der Waals surface area contributed by atoms with Crippen LogP contribution in [0.3, 0.4) is 0 Å². The number of hydrogen-bond acceptors (Lipinski definition) is 4. The van der Waals surface area contributed by atoms with Crippen LogP contribution in [-0.2, 0) is 14.3 Å². The van der Waals surface area contributed by atoms with E-state index < -0.39 is 0 Å². The summed E-state index contributed by atoms with van der Waals surface area (Å²) in [5.41, 5.74) is 0. The second-order valence-corrected chi connectivity index (χ2v) is 3.50. The van der Waals surface area contributed by atoms with E-state index in [1.54, 1.807) is 6.92 Å². The van der Waals surface area contributed by atoms with E-state index in [1.165, 1.54) is 6.92 Å². The molecule has 2 N–H and O–H groups in total. The van der Waals surface area contributed by atoms with Crippen LogP contribution in [0.1, 0.15) is 20.3 Å². The summed E-state index contributed by atoms with van der Waals surface area (Å²) in [6.45, 7) is 4.24. The number of nitrogens with one attached hydrogen (secondary N) is 2.